The summed E-state index contributed by atoms with van der Waals surface area (Å²) in [6, 6.07) is 0. The third-order valence-corrected chi connectivity index (χ3v) is 5.06. The van der Waals surface area contributed by atoms with Crippen molar-refractivity contribution >= 4 is 11.9 Å². The first-order valence-electron chi connectivity index (χ1n) is 9.10. The first kappa shape index (κ1) is 20.4. The van der Waals surface area contributed by atoms with Gasteiger partial charge in [0.2, 0.25) is 0 Å². The highest BCUT2D eigenvalue weighted by molar-refractivity contribution is 5.91. The van der Waals surface area contributed by atoms with E-state index >= 15 is 0 Å². The summed E-state index contributed by atoms with van der Waals surface area (Å²) >= 11 is 0. The molecule has 1 fully saturated rings. The predicted octanol–water partition coefficient (Wildman–Crippen LogP) is 2.06. The second-order valence-corrected chi connectivity index (χ2v) is 6.99. The summed E-state index contributed by atoms with van der Waals surface area (Å²) in [6.45, 7) is 7.45. The predicted molar refractivity (Wildman–Crippen MR) is 96.0 cm³/mol. The highest BCUT2D eigenvalue weighted by atomic mass is 16.6. The molecule has 2 aliphatic rings. The van der Waals surface area contributed by atoms with Gasteiger partial charge in [-0.05, 0) is 42.9 Å². The first-order valence-corrected chi connectivity index (χ1v) is 9.10. The van der Waals surface area contributed by atoms with Crippen LogP contribution in [0, 0.1) is 11.8 Å². The second-order valence-electron chi connectivity index (χ2n) is 6.99. The Labute approximate surface area is 154 Å². The molecule has 4 atom stereocenters. The molecule has 0 radical (unpaired) electrons. The van der Waals surface area contributed by atoms with Crippen LogP contribution in [0.1, 0.15) is 39.5 Å². The monoisotopic (exact) mass is 364 g/mol. The number of aliphatic hydroxyl groups is 2. The minimum Gasteiger partial charge on any atom is -0.461 e. The SMILES string of the molecule is C=C1C(=O)O[C@@H]2/C=C(\COC(=O)[C@H](C)CC)CC/C=C(\CO)C[C@@H](O)[C@@H]12. The molecule has 0 unspecified atom stereocenters. The largest absolute Gasteiger partial charge is 0.461 e. The molecule has 0 aromatic rings. The average molecular weight is 364 g/mol. The van der Waals surface area contributed by atoms with E-state index in [0.29, 0.717) is 24.8 Å². The van der Waals surface area contributed by atoms with Gasteiger partial charge in [0.15, 0.2) is 0 Å². The van der Waals surface area contributed by atoms with Gasteiger partial charge in [-0.1, -0.05) is 26.5 Å². The van der Waals surface area contributed by atoms with Crippen molar-refractivity contribution in [2.24, 2.45) is 11.8 Å². The van der Waals surface area contributed by atoms with Crippen molar-refractivity contribution in [1.29, 1.82) is 0 Å². The van der Waals surface area contributed by atoms with Gasteiger partial charge in [0.25, 0.3) is 0 Å². The van der Waals surface area contributed by atoms with Crippen LogP contribution in [0.15, 0.2) is 35.5 Å². The molecule has 6 heteroatoms. The molecule has 0 spiro atoms. The van der Waals surface area contributed by atoms with Gasteiger partial charge in [-0.3, -0.25) is 4.79 Å². The molecule has 1 aliphatic heterocycles. The van der Waals surface area contributed by atoms with Gasteiger partial charge in [0, 0.05) is 5.57 Å². The molecule has 0 aromatic heterocycles. The summed E-state index contributed by atoms with van der Waals surface area (Å²) in [5.41, 5.74) is 1.76. The normalized spacial score (nSPS) is 31.8. The van der Waals surface area contributed by atoms with Gasteiger partial charge in [-0.25, -0.2) is 4.79 Å². The zero-order valence-electron chi connectivity index (χ0n) is 15.4. The fourth-order valence-corrected chi connectivity index (χ4v) is 3.17. The highest BCUT2D eigenvalue weighted by Crippen LogP contribution is 2.34. The van der Waals surface area contributed by atoms with Crippen molar-refractivity contribution in [3.05, 3.63) is 35.5 Å². The number of carbonyl (C=O) groups is 2. The number of carbonyl (C=O) groups excluding carboxylic acids is 2. The summed E-state index contributed by atoms with van der Waals surface area (Å²) in [5.74, 6) is -1.54. The molecule has 2 N–H and O–H groups in total. The first-order chi connectivity index (χ1) is 12.4. The van der Waals surface area contributed by atoms with E-state index in [9.17, 15) is 19.8 Å². The van der Waals surface area contributed by atoms with Crippen molar-refractivity contribution in [2.45, 2.75) is 51.7 Å². The van der Waals surface area contributed by atoms with Gasteiger partial charge >= 0.3 is 11.9 Å². The third kappa shape index (κ3) is 4.83. The van der Waals surface area contributed by atoms with E-state index in [0.717, 1.165) is 5.57 Å². The molecule has 0 bridgehead atoms. The number of esters is 2. The number of aliphatic hydroxyl groups excluding tert-OH is 2. The quantitative estimate of drug-likeness (QED) is 0.441. The summed E-state index contributed by atoms with van der Waals surface area (Å²) in [4.78, 5) is 23.9. The summed E-state index contributed by atoms with van der Waals surface area (Å²) in [6.07, 6.45) is 4.35. The van der Waals surface area contributed by atoms with E-state index in [4.69, 9.17) is 9.47 Å². The summed E-state index contributed by atoms with van der Waals surface area (Å²) < 4.78 is 10.7. The van der Waals surface area contributed by atoms with Crippen LogP contribution in [0.3, 0.4) is 0 Å². The molecule has 1 heterocycles. The molecule has 144 valence electrons. The van der Waals surface area contributed by atoms with Crippen LogP contribution in [0.25, 0.3) is 0 Å². The van der Waals surface area contributed by atoms with E-state index in [1.807, 2.05) is 19.9 Å². The van der Waals surface area contributed by atoms with Crippen molar-refractivity contribution in [3.8, 4) is 0 Å². The van der Waals surface area contributed by atoms with Crippen LogP contribution >= 0.6 is 0 Å². The van der Waals surface area contributed by atoms with Gasteiger partial charge in [-0.15, -0.1) is 0 Å². The Hall–Kier alpha value is -1.92. The topological polar surface area (TPSA) is 93.1 Å². The van der Waals surface area contributed by atoms with Crippen LogP contribution in [0.5, 0.6) is 0 Å². The van der Waals surface area contributed by atoms with E-state index < -0.39 is 24.1 Å². The van der Waals surface area contributed by atoms with E-state index in [1.165, 1.54) is 0 Å². The number of hydrogen-bond donors (Lipinski definition) is 2. The van der Waals surface area contributed by atoms with Crippen LogP contribution in [0.2, 0.25) is 0 Å². The van der Waals surface area contributed by atoms with E-state index in [-0.39, 0.29) is 37.1 Å². The molecule has 0 amide bonds. The zero-order chi connectivity index (χ0) is 19.3. The number of allylic oxidation sites excluding steroid dienone is 1. The molecule has 0 aromatic carbocycles. The smallest absolute Gasteiger partial charge is 0.334 e. The van der Waals surface area contributed by atoms with Crippen LogP contribution in [-0.4, -0.2) is 47.6 Å². The Morgan fingerprint density at radius 1 is 1.46 bits per heavy atom. The summed E-state index contributed by atoms with van der Waals surface area (Å²) in [5, 5.41) is 20.0. The maximum absolute atomic E-state index is 11.9. The Morgan fingerprint density at radius 2 is 2.19 bits per heavy atom. The Bertz CT molecular complexity index is 618. The van der Waals surface area contributed by atoms with Crippen LogP contribution < -0.4 is 0 Å². The molecule has 1 aliphatic carbocycles. The maximum atomic E-state index is 11.9. The number of rotatable bonds is 5. The number of hydrogen-bond acceptors (Lipinski definition) is 6. The van der Waals surface area contributed by atoms with Crippen LogP contribution in [-0.2, 0) is 19.1 Å². The fourth-order valence-electron chi connectivity index (χ4n) is 3.17. The minimum atomic E-state index is -0.879. The summed E-state index contributed by atoms with van der Waals surface area (Å²) in [7, 11) is 0. The van der Waals surface area contributed by atoms with Gasteiger partial charge in [0.05, 0.1) is 24.5 Å². The molecule has 1 saturated heterocycles. The average Bonchev–Trinajstić information content (AvgIpc) is 2.90. The zero-order valence-corrected chi connectivity index (χ0v) is 15.4. The Kier molecular flexibility index (Phi) is 7.17. The number of ether oxygens (including phenoxy) is 2. The number of fused-ring (bicyclic) bond motifs is 1. The lowest BCUT2D eigenvalue weighted by Gasteiger charge is -2.24. The molecule has 0 saturated carbocycles. The van der Waals surface area contributed by atoms with Crippen molar-refractivity contribution in [1.82, 2.24) is 0 Å². The Morgan fingerprint density at radius 3 is 2.85 bits per heavy atom. The molecular formula is C20H28O6. The standard InChI is InChI=1S/C20H28O6/c1-4-12(2)19(23)25-11-15-7-5-6-14(10-21)8-16(22)18-13(3)20(24)26-17(18)9-15/h6,9,12,16-18,21-22H,3-5,7-8,10-11H2,1-2H3/b14-6-,15-9-/t12-,16-,17-,18-/m1/s1. The van der Waals surface area contributed by atoms with Gasteiger partial charge in [-0.2, -0.15) is 0 Å². The van der Waals surface area contributed by atoms with Gasteiger partial charge < -0.3 is 19.7 Å². The lowest BCUT2D eigenvalue weighted by Crippen LogP contribution is -2.29. The third-order valence-electron chi connectivity index (χ3n) is 5.06. The van der Waals surface area contributed by atoms with Crippen molar-refractivity contribution < 1.29 is 29.3 Å². The minimum absolute atomic E-state index is 0.120. The lowest BCUT2D eigenvalue weighted by atomic mass is 9.85. The fraction of sp³-hybridized carbons (Fsp3) is 0.600. The van der Waals surface area contributed by atoms with Gasteiger partial charge in [0.1, 0.15) is 12.7 Å². The molecular weight excluding hydrogens is 336 g/mol. The molecule has 2 rings (SSSR count). The second kappa shape index (κ2) is 9.14. The van der Waals surface area contributed by atoms with Crippen molar-refractivity contribution in [2.75, 3.05) is 13.2 Å². The van der Waals surface area contributed by atoms with E-state index in [1.54, 1.807) is 6.08 Å². The highest BCUT2D eigenvalue weighted by Gasteiger charge is 2.42. The lowest BCUT2D eigenvalue weighted by molar-refractivity contribution is -0.147. The Balaban J connectivity index is 2.22. The van der Waals surface area contributed by atoms with Crippen molar-refractivity contribution in [3.63, 3.8) is 0 Å². The maximum Gasteiger partial charge on any atom is 0.334 e. The van der Waals surface area contributed by atoms with Crippen LogP contribution in [0.4, 0.5) is 0 Å². The van der Waals surface area contributed by atoms with E-state index in [2.05, 4.69) is 6.58 Å². The molecule has 26 heavy (non-hydrogen) atoms. The molecule has 6 nitrogen and oxygen atoms in total.